The molecule has 0 unspecified atom stereocenters. The second-order valence-electron chi connectivity index (χ2n) is 5.32. The first kappa shape index (κ1) is 19.2. The fourth-order valence-corrected chi connectivity index (χ4v) is 2.20. The van der Waals surface area contributed by atoms with Gasteiger partial charge in [-0.1, -0.05) is 29.4 Å². The molecule has 1 N–H and O–H groups in total. The lowest BCUT2D eigenvalue weighted by atomic mass is 10.1. The molecule has 0 spiro atoms. The molecule has 1 amide bonds. The summed E-state index contributed by atoms with van der Waals surface area (Å²) in [5, 5.41) is 6.32. The molecule has 2 aromatic carbocycles. The Hall–Kier alpha value is -3.09. The highest BCUT2D eigenvalue weighted by atomic mass is 19.1. The van der Waals surface area contributed by atoms with Crippen LogP contribution in [0.2, 0.25) is 0 Å². The van der Waals surface area contributed by atoms with E-state index in [1.54, 1.807) is 32.4 Å². The maximum Gasteiger partial charge on any atom is 0.260 e. The van der Waals surface area contributed by atoms with Gasteiger partial charge in [0.05, 0.1) is 20.4 Å². The van der Waals surface area contributed by atoms with Gasteiger partial charge >= 0.3 is 0 Å². The van der Waals surface area contributed by atoms with Gasteiger partial charge < -0.3 is 19.6 Å². The lowest BCUT2D eigenvalue weighted by Gasteiger charge is -2.10. The van der Waals surface area contributed by atoms with Crippen LogP contribution in [0.1, 0.15) is 11.1 Å². The van der Waals surface area contributed by atoms with E-state index in [0.717, 1.165) is 5.56 Å². The number of hydrogen-bond donors (Lipinski definition) is 1. The summed E-state index contributed by atoms with van der Waals surface area (Å²) in [5.74, 6) is 0.582. The largest absolute Gasteiger partial charge is 0.493 e. The Labute approximate surface area is 151 Å². The van der Waals surface area contributed by atoms with Crippen molar-refractivity contribution in [1.29, 1.82) is 0 Å². The first-order valence-electron chi connectivity index (χ1n) is 8.01. The molecule has 2 aromatic rings. The number of rotatable bonds is 9. The predicted molar refractivity (Wildman–Crippen MR) is 96.2 cm³/mol. The van der Waals surface area contributed by atoms with E-state index < -0.39 is 5.82 Å². The molecule has 6 nitrogen and oxygen atoms in total. The van der Waals surface area contributed by atoms with E-state index in [9.17, 15) is 9.18 Å². The summed E-state index contributed by atoms with van der Waals surface area (Å²) < 4.78 is 23.8. The van der Waals surface area contributed by atoms with Crippen molar-refractivity contribution in [2.75, 3.05) is 27.4 Å². The van der Waals surface area contributed by atoms with Crippen LogP contribution < -0.4 is 14.8 Å². The molecule has 0 saturated heterocycles. The molecular weight excluding hydrogens is 339 g/mol. The molecule has 26 heavy (non-hydrogen) atoms. The van der Waals surface area contributed by atoms with Crippen molar-refractivity contribution in [2.45, 2.75) is 6.42 Å². The molecule has 2 rings (SSSR count). The van der Waals surface area contributed by atoms with Gasteiger partial charge in [0.15, 0.2) is 18.1 Å². The minimum atomic E-state index is -0.403. The van der Waals surface area contributed by atoms with E-state index in [-0.39, 0.29) is 12.5 Å². The van der Waals surface area contributed by atoms with Crippen molar-refractivity contribution < 1.29 is 23.5 Å². The Bertz CT molecular complexity index is 765. The fourth-order valence-electron chi connectivity index (χ4n) is 2.20. The quantitative estimate of drug-likeness (QED) is 0.551. The van der Waals surface area contributed by atoms with Gasteiger partial charge in [-0.3, -0.25) is 4.79 Å². The maximum atomic E-state index is 13.4. The van der Waals surface area contributed by atoms with E-state index in [1.807, 2.05) is 18.2 Å². The zero-order valence-electron chi connectivity index (χ0n) is 14.7. The minimum Gasteiger partial charge on any atom is -0.493 e. The van der Waals surface area contributed by atoms with Crippen molar-refractivity contribution in [2.24, 2.45) is 5.16 Å². The standard InChI is InChI=1S/C19H21FN2O4/c1-24-17-8-7-14(11-18(17)25-2)9-10-21-19(23)13-26-22-12-15-5-3-4-6-16(15)20/h3-8,11-12H,9-10,13H2,1-2H3,(H,21,23)/b22-12-. The highest BCUT2D eigenvalue weighted by Gasteiger charge is 2.06. The molecule has 0 bridgehead atoms. The van der Waals surface area contributed by atoms with E-state index in [1.165, 1.54) is 12.3 Å². The topological polar surface area (TPSA) is 69.2 Å². The second kappa shape index (κ2) is 10.0. The Morgan fingerprint density at radius 2 is 1.92 bits per heavy atom. The monoisotopic (exact) mass is 360 g/mol. The fraction of sp³-hybridized carbons (Fsp3) is 0.263. The number of methoxy groups -OCH3 is 2. The number of halogens is 1. The molecule has 0 saturated carbocycles. The second-order valence-corrected chi connectivity index (χ2v) is 5.32. The molecular formula is C19H21FN2O4. The van der Waals surface area contributed by atoms with Crippen LogP contribution in [0, 0.1) is 5.82 Å². The predicted octanol–water partition coefficient (Wildman–Crippen LogP) is 2.55. The number of benzene rings is 2. The SMILES string of the molecule is COc1ccc(CCNC(=O)CO/N=C\c2ccccc2F)cc1OC. The van der Waals surface area contributed by atoms with E-state index >= 15 is 0 Å². The third kappa shape index (κ3) is 5.77. The van der Waals surface area contributed by atoms with Crippen molar-refractivity contribution >= 4 is 12.1 Å². The Kier molecular flexibility index (Phi) is 7.42. The average Bonchev–Trinajstić information content (AvgIpc) is 2.66. The van der Waals surface area contributed by atoms with Crippen molar-refractivity contribution in [3.05, 3.63) is 59.4 Å². The minimum absolute atomic E-state index is 0.239. The lowest BCUT2D eigenvalue weighted by molar-refractivity contribution is -0.125. The molecule has 0 aliphatic carbocycles. The third-order valence-corrected chi connectivity index (χ3v) is 3.55. The van der Waals surface area contributed by atoms with Crippen LogP contribution >= 0.6 is 0 Å². The maximum absolute atomic E-state index is 13.4. The molecule has 0 radical (unpaired) electrons. The first-order chi connectivity index (χ1) is 12.6. The third-order valence-electron chi connectivity index (χ3n) is 3.55. The van der Waals surface area contributed by atoms with Gasteiger partial charge in [-0.2, -0.15) is 0 Å². The summed E-state index contributed by atoms with van der Waals surface area (Å²) in [6.07, 6.45) is 1.86. The molecule has 7 heteroatoms. The smallest absolute Gasteiger partial charge is 0.260 e. The molecule has 0 aliphatic rings. The van der Waals surface area contributed by atoms with Gasteiger partial charge in [0.2, 0.25) is 0 Å². The van der Waals surface area contributed by atoms with Crippen molar-refractivity contribution in [3.63, 3.8) is 0 Å². The van der Waals surface area contributed by atoms with E-state index in [2.05, 4.69) is 10.5 Å². The van der Waals surface area contributed by atoms with Crippen molar-refractivity contribution in [3.8, 4) is 11.5 Å². The average molecular weight is 360 g/mol. The Morgan fingerprint density at radius 1 is 1.15 bits per heavy atom. The molecule has 0 fully saturated rings. The van der Waals surface area contributed by atoms with Crippen LogP contribution in [0.15, 0.2) is 47.6 Å². The summed E-state index contributed by atoms with van der Waals surface area (Å²) in [7, 11) is 3.15. The van der Waals surface area contributed by atoms with Crippen molar-refractivity contribution in [1.82, 2.24) is 5.32 Å². The number of carbonyl (C=O) groups is 1. The summed E-state index contributed by atoms with van der Waals surface area (Å²) >= 11 is 0. The number of carbonyl (C=O) groups excluding carboxylic acids is 1. The number of ether oxygens (including phenoxy) is 2. The van der Waals surface area contributed by atoms with Crippen LogP contribution in [0.5, 0.6) is 11.5 Å². The molecule has 0 heterocycles. The van der Waals surface area contributed by atoms with Crippen LogP contribution in [0.25, 0.3) is 0 Å². The Balaban J connectivity index is 1.71. The highest BCUT2D eigenvalue weighted by Crippen LogP contribution is 2.27. The number of nitrogens with zero attached hydrogens (tertiary/aromatic N) is 1. The van der Waals surface area contributed by atoms with Crippen LogP contribution in [0.4, 0.5) is 4.39 Å². The van der Waals surface area contributed by atoms with Gasteiger partial charge in [-0.15, -0.1) is 0 Å². The van der Waals surface area contributed by atoms with Crippen LogP contribution in [-0.4, -0.2) is 39.5 Å². The van der Waals surface area contributed by atoms with Gasteiger partial charge in [-0.25, -0.2) is 4.39 Å². The summed E-state index contributed by atoms with van der Waals surface area (Å²) in [5.41, 5.74) is 1.29. The summed E-state index contributed by atoms with van der Waals surface area (Å²) in [4.78, 5) is 16.6. The molecule has 0 aromatic heterocycles. The number of nitrogens with one attached hydrogen (secondary N) is 1. The summed E-state index contributed by atoms with van der Waals surface area (Å²) in [6.45, 7) is 0.200. The van der Waals surface area contributed by atoms with Crippen LogP contribution in [0.3, 0.4) is 0 Å². The zero-order valence-corrected chi connectivity index (χ0v) is 14.7. The normalized spacial score (nSPS) is 10.6. The summed E-state index contributed by atoms with van der Waals surface area (Å²) in [6, 6.07) is 11.7. The lowest BCUT2D eigenvalue weighted by Crippen LogP contribution is -2.28. The van der Waals surface area contributed by atoms with Gasteiger partial charge in [0.25, 0.3) is 5.91 Å². The highest BCUT2D eigenvalue weighted by molar-refractivity contribution is 5.80. The molecule has 0 aliphatic heterocycles. The zero-order chi connectivity index (χ0) is 18.8. The van der Waals surface area contributed by atoms with Gasteiger partial charge in [0, 0.05) is 12.1 Å². The van der Waals surface area contributed by atoms with Gasteiger partial charge in [-0.05, 0) is 30.2 Å². The number of amides is 1. The van der Waals surface area contributed by atoms with E-state index in [0.29, 0.717) is 30.0 Å². The molecule has 138 valence electrons. The molecule has 0 atom stereocenters. The van der Waals surface area contributed by atoms with E-state index in [4.69, 9.17) is 14.3 Å². The first-order valence-corrected chi connectivity index (χ1v) is 8.01. The van der Waals surface area contributed by atoms with Crippen LogP contribution in [-0.2, 0) is 16.1 Å². The number of oxime groups is 1. The van der Waals surface area contributed by atoms with Gasteiger partial charge in [0.1, 0.15) is 5.82 Å². The Morgan fingerprint density at radius 3 is 2.65 bits per heavy atom. The number of hydrogen-bond acceptors (Lipinski definition) is 5.